The topological polar surface area (TPSA) is 89.4 Å². The van der Waals surface area contributed by atoms with Gasteiger partial charge in [0, 0.05) is 6.07 Å². The number of oxazole rings is 1. The first-order valence-electron chi connectivity index (χ1n) is 3.80. The van der Waals surface area contributed by atoms with E-state index in [4.69, 9.17) is 9.52 Å². The Kier molecular flexibility index (Phi) is 1.81. The molecule has 0 aliphatic rings. The maximum absolute atomic E-state index is 10.6. The van der Waals surface area contributed by atoms with Gasteiger partial charge in [-0.25, -0.2) is 9.78 Å². The van der Waals surface area contributed by atoms with Crippen LogP contribution in [-0.4, -0.2) is 21.2 Å². The molecule has 6 heteroatoms. The lowest BCUT2D eigenvalue weighted by Crippen LogP contribution is -1.98. The van der Waals surface area contributed by atoms with Crippen LogP contribution in [0, 0.1) is 6.92 Å². The van der Waals surface area contributed by atoms with Crippen molar-refractivity contribution in [2.75, 3.05) is 0 Å². The van der Waals surface area contributed by atoms with E-state index in [0.717, 1.165) is 0 Å². The Bertz CT molecular complexity index is 458. The minimum absolute atomic E-state index is 0.108. The lowest BCUT2D eigenvalue weighted by Gasteiger charge is -1.82. The Labute approximate surface area is 78.2 Å². The SMILES string of the molecule is Cc1oc(-c2ccon2)nc1C(=O)O. The van der Waals surface area contributed by atoms with Gasteiger partial charge in [-0.15, -0.1) is 0 Å². The van der Waals surface area contributed by atoms with E-state index >= 15 is 0 Å². The van der Waals surface area contributed by atoms with Crippen LogP contribution in [0.3, 0.4) is 0 Å². The number of aromatic carboxylic acids is 1. The molecule has 72 valence electrons. The standard InChI is InChI=1S/C8H6N2O4/c1-4-6(8(11)12)9-7(14-4)5-2-3-13-10-5/h2-3H,1H3,(H,11,12). The van der Waals surface area contributed by atoms with Crippen molar-refractivity contribution >= 4 is 5.97 Å². The maximum atomic E-state index is 10.6. The smallest absolute Gasteiger partial charge is 0.358 e. The molecule has 6 nitrogen and oxygen atoms in total. The molecule has 1 N–H and O–H groups in total. The minimum atomic E-state index is -1.12. The molecule has 0 aliphatic heterocycles. The summed E-state index contributed by atoms with van der Waals surface area (Å²) in [6.07, 6.45) is 1.36. The Morgan fingerprint density at radius 3 is 2.86 bits per heavy atom. The summed E-state index contributed by atoms with van der Waals surface area (Å²) in [5.74, 6) is -0.731. The van der Waals surface area contributed by atoms with Gasteiger partial charge >= 0.3 is 5.97 Å². The number of hydrogen-bond acceptors (Lipinski definition) is 5. The van der Waals surface area contributed by atoms with E-state index in [1.54, 1.807) is 0 Å². The van der Waals surface area contributed by atoms with Gasteiger partial charge in [0.1, 0.15) is 12.0 Å². The Hall–Kier alpha value is -2.11. The molecule has 0 saturated heterocycles. The zero-order valence-electron chi connectivity index (χ0n) is 7.22. The fraction of sp³-hybridized carbons (Fsp3) is 0.125. The third-order valence-electron chi connectivity index (χ3n) is 1.66. The monoisotopic (exact) mass is 194 g/mol. The third kappa shape index (κ3) is 1.26. The van der Waals surface area contributed by atoms with Crippen molar-refractivity contribution in [2.45, 2.75) is 6.92 Å². The molecule has 0 unspecified atom stereocenters. The molecule has 0 aromatic carbocycles. The fourth-order valence-corrected chi connectivity index (χ4v) is 1.03. The van der Waals surface area contributed by atoms with E-state index in [9.17, 15) is 4.79 Å². The normalized spacial score (nSPS) is 10.4. The Morgan fingerprint density at radius 2 is 2.36 bits per heavy atom. The highest BCUT2D eigenvalue weighted by Gasteiger charge is 2.18. The average molecular weight is 194 g/mol. The lowest BCUT2D eigenvalue weighted by molar-refractivity contribution is 0.0689. The van der Waals surface area contributed by atoms with Gasteiger partial charge in [-0.3, -0.25) is 0 Å². The number of aryl methyl sites for hydroxylation is 1. The molecule has 2 heterocycles. The van der Waals surface area contributed by atoms with E-state index in [-0.39, 0.29) is 17.3 Å². The number of carboxylic acids is 1. The minimum Gasteiger partial charge on any atom is -0.476 e. The molecule has 0 aliphatic carbocycles. The Morgan fingerprint density at radius 1 is 1.57 bits per heavy atom. The van der Waals surface area contributed by atoms with Crippen LogP contribution in [0.5, 0.6) is 0 Å². The van der Waals surface area contributed by atoms with E-state index < -0.39 is 5.97 Å². The van der Waals surface area contributed by atoms with Crippen LogP contribution in [-0.2, 0) is 0 Å². The molecule has 0 amide bonds. The maximum Gasteiger partial charge on any atom is 0.358 e. The predicted octanol–water partition coefficient (Wildman–Crippen LogP) is 1.34. The molecule has 0 bridgehead atoms. The van der Waals surface area contributed by atoms with Gasteiger partial charge in [0.15, 0.2) is 11.4 Å². The lowest BCUT2D eigenvalue weighted by atomic mass is 10.4. The molecule has 0 saturated carbocycles. The van der Waals surface area contributed by atoms with Crippen LogP contribution in [0.4, 0.5) is 0 Å². The number of carboxylic acid groups (broad SMARTS) is 1. The summed E-state index contributed by atoms with van der Waals surface area (Å²) in [5.41, 5.74) is 0.267. The number of nitrogens with zero attached hydrogens (tertiary/aromatic N) is 2. The van der Waals surface area contributed by atoms with Crippen LogP contribution >= 0.6 is 0 Å². The molecule has 2 rings (SSSR count). The highest BCUT2D eigenvalue weighted by molar-refractivity contribution is 5.86. The molecule has 0 spiro atoms. The van der Waals surface area contributed by atoms with E-state index in [2.05, 4.69) is 14.7 Å². The van der Waals surface area contributed by atoms with Gasteiger partial charge in [0.2, 0.25) is 5.89 Å². The van der Waals surface area contributed by atoms with Gasteiger partial charge in [0.05, 0.1) is 0 Å². The highest BCUT2D eigenvalue weighted by atomic mass is 16.5. The molecule has 0 atom stereocenters. The predicted molar refractivity (Wildman–Crippen MR) is 43.7 cm³/mol. The summed E-state index contributed by atoms with van der Waals surface area (Å²) in [6, 6.07) is 1.54. The van der Waals surface area contributed by atoms with E-state index in [0.29, 0.717) is 5.69 Å². The summed E-state index contributed by atoms with van der Waals surface area (Å²) >= 11 is 0. The molecule has 14 heavy (non-hydrogen) atoms. The summed E-state index contributed by atoms with van der Waals surface area (Å²) in [7, 11) is 0. The van der Waals surface area contributed by atoms with Crippen molar-refractivity contribution in [3.63, 3.8) is 0 Å². The Balaban J connectivity index is 2.48. The first-order valence-corrected chi connectivity index (χ1v) is 3.80. The zero-order valence-corrected chi connectivity index (χ0v) is 7.22. The van der Waals surface area contributed by atoms with Gasteiger partial charge < -0.3 is 14.0 Å². The van der Waals surface area contributed by atoms with Crippen molar-refractivity contribution < 1.29 is 18.8 Å². The molecular weight excluding hydrogens is 188 g/mol. The first-order chi connectivity index (χ1) is 6.68. The van der Waals surface area contributed by atoms with Gasteiger partial charge in [-0.1, -0.05) is 5.16 Å². The van der Waals surface area contributed by atoms with Crippen LogP contribution in [0.25, 0.3) is 11.6 Å². The quantitative estimate of drug-likeness (QED) is 0.775. The zero-order chi connectivity index (χ0) is 10.1. The summed E-state index contributed by atoms with van der Waals surface area (Å²) in [4.78, 5) is 14.4. The fourth-order valence-electron chi connectivity index (χ4n) is 1.03. The van der Waals surface area contributed by atoms with Crippen molar-refractivity contribution in [3.05, 3.63) is 23.8 Å². The van der Waals surface area contributed by atoms with Crippen molar-refractivity contribution in [2.24, 2.45) is 0 Å². The van der Waals surface area contributed by atoms with Crippen LogP contribution in [0.2, 0.25) is 0 Å². The van der Waals surface area contributed by atoms with E-state index in [1.165, 1.54) is 19.3 Å². The second kappa shape index (κ2) is 2.99. The molecular formula is C8H6N2O4. The van der Waals surface area contributed by atoms with Gasteiger partial charge in [-0.05, 0) is 6.92 Å². The van der Waals surface area contributed by atoms with Crippen molar-refractivity contribution in [1.82, 2.24) is 10.1 Å². The number of hydrogen-bond donors (Lipinski definition) is 1. The molecule has 2 aromatic heterocycles. The van der Waals surface area contributed by atoms with Crippen LogP contribution in [0.15, 0.2) is 21.3 Å². The average Bonchev–Trinajstić information content (AvgIpc) is 2.70. The molecule has 0 fully saturated rings. The third-order valence-corrected chi connectivity index (χ3v) is 1.66. The van der Waals surface area contributed by atoms with Crippen molar-refractivity contribution in [1.29, 1.82) is 0 Å². The summed E-state index contributed by atoms with van der Waals surface area (Å²) < 4.78 is 9.69. The molecule has 0 radical (unpaired) electrons. The van der Waals surface area contributed by atoms with Gasteiger partial charge in [0.25, 0.3) is 0 Å². The largest absolute Gasteiger partial charge is 0.476 e. The van der Waals surface area contributed by atoms with Gasteiger partial charge in [-0.2, -0.15) is 0 Å². The second-order valence-corrected chi connectivity index (χ2v) is 2.61. The summed E-state index contributed by atoms with van der Waals surface area (Å²) in [5, 5.41) is 12.3. The number of carbonyl (C=O) groups is 1. The molecule has 2 aromatic rings. The van der Waals surface area contributed by atoms with Crippen LogP contribution < -0.4 is 0 Å². The van der Waals surface area contributed by atoms with Crippen LogP contribution in [0.1, 0.15) is 16.2 Å². The first kappa shape index (κ1) is 8.49. The highest BCUT2D eigenvalue weighted by Crippen LogP contribution is 2.19. The van der Waals surface area contributed by atoms with E-state index in [1.807, 2.05) is 0 Å². The number of rotatable bonds is 2. The number of aromatic nitrogens is 2. The summed E-state index contributed by atoms with van der Waals surface area (Å²) in [6.45, 7) is 1.53. The second-order valence-electron chi connectivity index (χ2n) is 2.61. The van der Waals surface area contributed by atoms with Crippen molar-refractivity contribution in [3.8, 4) is 11.6 Å².